The molecule has 0 aliphatic heterocycles. The smallest absolute Gasteiger partial charge is 0.330 e. The highest BCUT2D eigenvalue weighted by molar-refractivity contribution is 5.82. The zero-order chi connectivity index (χ0) is 12.2. The van der Waals surface area contributed by atoms with Gasteiger partial charge in [-0.2, -0.15) is 0 Å². The number of carbonyl (C=O) groups excluding carboxylic acids is 1. The SMILES string of the molecule is CCOC(=O)/C=C/C1(C(C)CC(C)C)CC1. The van der Waals surface area contributed by atoms with Gasteiger partial charge >= 0.3 is 5.97 Å². The van der Waals surface area contributed by atoms with Crippen LogP contribution in [0.1, 0.15) is 47.0 Å². The number of ether oxygens (including phenoxy) is 1. The van der Waals surface area contributed by atoms with Crippen molar-refractivity contribution in [1.82, 2.24) is 0 Å². The molecular weight excluding hydrogens is 200 g/mol. The summed E-state index contributed by atoms with van der Waals surface area (Å²) < 4.78 is 4.90. The van der Waals surface area contributed by atoms with E-state index in [1.165, 1.54) is 19.3 Å². The molecular formula is C14H24O2. The van der Waals surface area contributed by atoms with E-state index in [9.17, 15) is 4.79 Å². The van der Waals surface area contributed by atoms with Crippen molar-refractivity contribution in [3.63, 3.8) is 0 Å². The number of carbonyl (C=O) groups is 1. The first-order valence-corrected chi connectivity index (χ1v) is 6.36. The van der Waals surface area contributed by atoms with E-state index in [1.54, 1.807) is 6.08 Å². The van der Waals surface area contributed by atoms with Crippen molar-refractivity contribution in [3.05, 3.63) is 12.2 Å². The summed E-state index contributed by atoms with van der Waals surface area (Å²) in [6.07, 6.45) is 7.37. The molecule has 1 aliphatic rings. The Kier molecular flexibility index (Phi) is 4.57. The van der Waals surface area contributed by atoms with Gasteiger partial charge in [-0.3, -0.25) is 0 Å². The fourth-order valence-electron chi connectivity index (χ4n) is 2.33. The second kappa shape index (κ2) is 5.51. The first-order chi connectivity index (χ1) is 7.50. The lowest BCUT2D eigenvalue weighted by molar-refractivity contribution is -0.137. The molecule has 2 nitrogen and oxygen atoms in total. The van der Waals surface area contributed by atoms with E-state index in [2.05, 4.69) is 26.8 Å². The minimum absolute atomic E-state index is 0.203. The van der Waals surface area contributed by atoms with Crippen LogP contribution in [0.4, 0.5) is 0 Å². The second-order valence-electron chi connectivity index (χ2n) is 5.35. The first-order valence-electron chi connectivity index (χ1n) is 6.36. The number of hydrogen-bond donors (Lipinski definition) is 0. The van der Waals surface area contributed by atoms with Crippen LogP contribution in [0, 0.1) is 17.3 Å². The van der Waals surface area contributed by atoms with Crippen molar-refractivity contribution in [2.45, 2.75) is 47.0 Å². The third kappa shape index (κ3) is 3.66. The topological polar surface area (TPSA) is 26.3 Å². The number of esters is 1. The van der Waals surface area contributed by atoms with E-state index in [0.29, 0.717) is 12.5 Å². The molecule has 1 unspecified atom stereocenters. The Morgan fingerprint density at radius 1 is 1.38 bits per heavy atom. The third-order valence-electron chi connectivity index (χ3n) is 3.47. The Bertz CT molecular complexity index is 262. The van der Waals surface area contributed by atoms with Crippen LogP contribution in [-0.2, 0) is 9.53 Å². The summed E-state index contributed by atoms with van der Waals surface area (Å²) in [5, 5.41) is 0. The highest BCUT2D eigenvalue weighted by Crippen LogP contribution is 2.54. The van der Waals surface area contributed by atoms with E-state index in [0.717, 1.165) is 5.92 Å². The maximum absolute atomic E-state index is 11.3. The fourth-order valence-corrected chi connectivity index (χ4v) is 2.33. The van der Waals surface area contributed by atoms with Crippen LogP contribution in [0.15, 0.2) is 12.2 Å². The van der Waals surface area contributed by atoms with E-state index in [1.807, 2.05) is 6.92 Å². The summed E-state index contributed by atoms with van der Waals surface area (Å²) >= 11 is 0. The molecule has 1 atom stereocenters. The summed E-state index contributed by atoms with van der Waals surface area (Å²) in [6, 6.07) is 0. The Labute approximate surface area is 99.1 Å². The van der Waals surface area contributed by atoms with Gasteiger partial charge in [0.25, 0.3) is 0 Å². The molecule has 0 bridgehead atoms. The van der Waals surface area contributed by atoms with Crippen molar-refractivity contribution in [2.75, 3.05) is 6.61 Å². The standard InChI is InChI=1S/C14H24O2/c1-5-16-13(15)6-7-14(8-9-14)12(4)10-11(2)3/h6-7,11-12H,5,8-10H2,1-4H3/b7-6+. The molecule has 0 saturated heterocycles. The Morgan fingerprint density at radius 3 is 2.44 bits per heavy atom. The maximum atomic E-state index is 11.3. The molecule has 1 fully saturated rings. The maximum Gasteiger partial charge on any atom is 0.330 e. The fraction of sp³-hybridized carbons (Fsp3) is 0.786. The molecule has 0 heterocycles. The quantitative estimate of drug-likeness (QED) is 0.509. The van der Waals surface area contributed by atoms with Crippen LogP contribution in [-0.4, -0.2) is 12.6 Å². The average Bonchev–Trinajstić information content (AvgIpc) is 2.95. The van der Waals surface area contributed by atoms with Gasteiger partial charge in [-0.15, -0.1) is 0 Å². The van der Waals surface area contributed by atoms with Crippen LogP contribution >= 0.6 is 0 Å². The monoisotopic (exact) mass is 224 g/mol. The number of allylic oxidation sites excluding steroid dienone is 1. The number of hydrogen-bond acceptors (Lipinski definition) is 2. The van der Waals surface area contributed by atoms with Crippen LogP contribution < -0.4 is 0 Å². The van der Waals surface area contributed by atoms with Gasteiger partial charge in [0.15, 0.2) is 0 Å². The van der Waals surface area contributed by atoms with Crippen LogP contribution in [0.25, 0.3) is 0 Å². The average molecular weight is 224 g/mol. The molecule has 0 aromatic carbocycles. The minimum atomic E-state index is -0.203. The molecule has 16 heavy (non-hydrogen) atoms. The minimum Gasteiger partial charge on any atom is -0.463 e. The van der Waals surface area contributed by atoms with Gasteiger partial charge in [-0.05, 0) is 43.4 Å². The van der Waals surface area contributed by atoms with Gasteiger partial charge in [0.2, 0.25) is 0 Å². The molecule has 1 aliphatic carbocycles. The summed E-state index contributed by atoms with van der Waals surface area (Å²) in [4.78, 5) is 11.3. The van der Waals surface area contributed by atoms with E-state index >= 15 is 0 Å². The lowest BCUT2D eigenvalue weighted by Crippen LogP contribution is -2.13. The second-order valence-corrected chi connectivity index (χ2v) is 5.35. The molecule has 1 saturated carbocycles. The largest absolute Gasteiger partial charge is 0.463 e. The lowest BCUT2D eigenvalue weighted by Gasteiger charge is -2.21. The predicted octanol–water partition coefficient (Wildman–Crippen LogP) is 3.57. The van der Waals surface area contributed by atoms with Crippen LogP contribution in [0.5, 0.6) is 0 Å². The van der Waals surface area contributed by atoms with Crippen molar-refractivity contribution in [2.24, 2.45) is 17.3 Å². The summed E-state index contributed by atoms with van der Waals surface area (Å²) in [6.45, 7) is 9.09. The van der Waals surface area contributed by atoms with Gasteiger partial charge in [-0.1, -0.05) is 26.8 Å². The highest BCUT2D eigenvalue weighted by atomic mass is 16.5. The Balaban J connectivity index is 2.48. The van der Waals surface area contributed by atoms with Crippen molar-refractivity contribution < 1.29 is 9.53 Å². The molecule has 92 valence electrons. The Hall–Kier alpha value is -0.790. The normalized spacial score (nSPS) is 20.1. The first kappa shape index (κ1) is 13.3. The molecule has 0 aromatic rings. The molecule has 1 rings (SSSR count). The molecule has 2 heteroatoms. The van der Waals surface area contributed by atoms with Crippen LogP contribution in [0.2, 0.25) is 0 Å². The lowest BCUT2D eigenvalue weighted by atomic mass is 9.84. The van der Waals surface area contributed by atoms with Gasteiger partial charge in [0, 0.05) is 6.08 Å². The molecule has 0 amide bonds. The van der Waals surface area contributed by atoms with E-state index in [4.69, 9.17) is 4.74 Å². The van der Waals surface area contributed by atoms with Crippen molar-refractivity contribution in [1.29, 1.82) is 0 Å². The summed E-state index contributed by atoms with van der Waals surface area (Å²) in [5.74, 6) is 1.19. The summed E-state index contributed by atoms with van der Waals surface area (Å²) in [7, 11) is 0. The summed E-state index contributed by atoms with van der Waals surface area (Å²) in [5.41, 5.74) is 0.289. The molecule has 0 spiro atoms. The van der Waals surface area contributed by atoms with Gasteiger partial charge in [-0.25, -0.2) is 4.79 Å². The van der Waals surface area contributed by atoms with Crippen molar-refractivity contribution >= 4 is 5.97 Å². The van der Waals surface area contributed by atoms with E-state index < -0.39 is 0 Å². The third-order valence-corrected chi connectivity index (χ3v) is 3.47. The van der Waals surface area contributed by atoms with Crippen molar-refractivity contribution in [3.8, 4) is 0 Å². The number of rotatable bonds is 6. The zero-order valence-corrected chi connectivity index (χ0v) is 11.0. The molecule has 0 N–H and O–H groups in total. The van der Waals surface area contributed by atoms with Crippen LogP contribution in [0.3, 0.4) is 0 Å². The van der Waals surface area contributed by atoms with E-state index in [-0.39, 0.29) is 11.4 Å². The molecule has 0 radical (unpaired) electrons. The van der Waals surface area contributed by atoms with Gasteiger partial charge in [0.1, 0.15) is 0 Å². The predicted molar refractivity (Wildman–Crippen MR) is 66.1 cm³/mol. The van der Waals surface area contributed by atoms with Gasteiger partial charge < -0.3 is 4.74 Å². The van der Waals surface area contributed by atoms with Gasteiger partial charge in [0.05, 0.1) is 6.61 Å². The zero-order valence-electron chi connectivity index (χ0n) is 11.0. The molecule has 0 aromatic heterocycles. The Morgan fingerprint density at radius 2 is 2.00 bits per heavy atom. The highest BCUT2D eigenvalue weighted by Gasteiger charge is 2.44.